The van der Waals surface area contributed by atoms with Crippen molar-refractivity contribution in [2.75, 3.05) is 6.26 Å². The summed E-state index contributed by atoms with van der Waals surface area (Å²) in [7, 11) is -3.31. The summed E-state index contributed by atoms with van der Waals surface area (Å²) in [4.78, 5) is 4.76. The third kappa shape index (κ3) is 2.56. The molecule has 0 aliphatic carbocycles. The van der Waals surface area contributed by atoms with E-state index in [1.54, 1.807) is 12.1 Å². The number of halogens is 1. The fourth-order valence-corrected chi connectivity index (χ4v) is 3.32. The Balaban J connectivity index is 2.88. The van der Waals surface area contributed by atoms with E-state index in [1.807, 2.05) is 17.6 Å². The molecule has 0 saturated carbocycles. The van der Waals surface area contributed by atoms with E-state index in [0.717, 1.165) is 11.9 Å². The van der Waals surface area contributed by atoms with Gasteiger partial charge in [-0.2, -0.15) is 0 Å². The van der Waals surface area contributed by atoms with Gasteiger partial charge in [-0.25, -0.2) is 13.4 Å². The molecule has 6 heteroatoms. The smallest absolute Gasteiger partial charge is 0.177 e. The number of para-hydroxylation sites is 1. The van der Waals surface area contributed by atoms with Crippen LogP contribution in [-0.2, 0) is 9.84 Å². The molecule has 20 heavy (non-hydrogen) atoms. The first-order valence-corrected chi connectivity index (χ1v) is 8.95. The second kappa shape index (κ2) is 5.37. The maximum atomic E-state index is 11.9. The molecule has 1 aromatic carbocycles. The fraction of sp³-hybridized carbons (Fsp3) is 0.500. The molecule has 1 aromatic heterocycles. The second-order valence-corrected chi connectivity index (χ2v) is 7.75. The lowest BCUT2D eigenvalue weighted by Gasteiger charge is -2.16. The average Bonchev–Trinajstić information content (AvgIpc) is 2.75. The zero-order valence-electron chi connectivity index (χ0n) is 12.1. The van der Waals surface area contributed by atoms with Gasteiger partial charge in [-0.05, 0) is 32.4 Å². The predicted molar refractivity (Wildman–Crippen MR) is 82.1 cm³/mol. The van der Waals surface area contributed by atoms with Crippen molar-refractivity contribution in [3.63, 3.8) is 0 Å². The summed E-state index contributed by atoms with van der Waals surface area (Å²) in [6.07, 6.45) is 2.12. The van der Waals surface area contributed by atoms with E-state index in [1.165, 1.54) is 6.26 Å². The molecule has 0 fully saturated rings. The number of rotatable bonds is 4. The molecule has 2 atom stereocenters. The van der Waals surface area contributed by atoms with Crippen LogP contribution < -0.4 is 0 Å². The van der Waals surface area contributed by atoms with Gasteiger partial charge in [-0.15, -0.1) is 11.6 Å². The van der Waals surface area contributed by atoms with Crippen molar-refractivity contribution >= 4 is 32.5 Å². The number of aromatic nitrogens is 2. The van der Waals surface area contributed by atoms with Gasteiger partial charge in [0.2, 0.25) is 0 Å². The molecule has 0 spiro atoms. The molecule has 0 radical (unpaired) electrons. The van der Waals surface area contributed by atoms with Gasteiger partial charge in [0.25, 0.3) is 0 Å². The number of alkyl halides is 1. The predicted octanol–water partition coefficient (Wildman–Crippen LogP) is 3.71. The van der Waals surface area contributed by atoms with E-state index in [4.69, 9.17) is 11.6 Å². The van der Waals surface area contributed by atoms with Crippen molar-refractivity contribution in [2.24, 2.45) is 0 Å². The lowest BCUT2D eigenvalue weighted by molar-refractivity contribution is 0.522. The summed E-state index contributed by atoms with van der Waals surface area (Å²) >= 11 is 6.21. The van der Waals surface area contributed by atoms with Gasteiger partial charge in [0, 0.05) is 12.3 Å². The van der Waals surface area contributed by atoms with Crippen molar-refractivity contribution in [1.29, 1.82) is 0 Å². The molecule has 2 aromatic rings. The van der Waals surface area contributed by atoms with Crippen LogP contribution in [0.1, 0.15) is 44.4 Å². The number of sulfone groups is 1. The fourth-order valence-electron chi connectivity index (χ4n) is 2.33. The highest BCUT2D eigenvalue weighted by molar-refractivity contribution is 7.91. The van der Waals surface area contributed by atoms with E-state index < -0.39 is 9.84 Å². The quantitative estimate of drug-likeness (QED) is 0.808. The maximum absolute atomic E-state index is 11.9. The second-order valence-electron chi connectivity index (χ2n) is 5.11. The number of nitrogens with zero attached hydrogens (tertiary/aromatic N) is 2. The number of benzene rings is 1. The van der Waals surface area contributed by atoms with Gasteiger partial charge in [0.15, 0.2) is 9.84 Å². The average molecular weight is 315 g/mol. The van der Waals surface area contributed by atoms with Crippen LogP contribution in [0.25, 0.3) is 11.0 Å². The Morgan fingerprint density at radius 2 is 2.00 bits per heavy atom. The molecule has 2 unspecified atom stereocenters. The summed E-state index contributed by atoms with van der Waals surface area (Å²) in [6.45, 7) is 6.01. The van der Waals surface area contributed by atoms with Crippen LogP contribution in [0.3, 0.4) is 0 Å². The minimum atomic E-state index is -3.31. The standard InChI is InChI=1S/C14H19ClN2O2S/c1-5-9(2)17-11-7-6-8-12(20(4,18)19)13(11)16-14(17)10(3)15/h6-10H,5H2,1-4H3. The Morgan fingerprint density at radius 1 is 1.35 bits per heavy atom. The first kappa shape index (κ1) is 15.3. The topological polar surface area (TPSA) is 52.0 Å². The Labute approximate surface area is 124 Å². The van der Waals surface area contributed by atoms with Crippen LogP contribution in [0.5, 0.6) is 0 Å². The monoisotopic (exact) mass is 314 g/mol. The van der Waals surface area contributed by atoms with E-state index in [9.17, 15) is 8.42 Å². The molecule has 110 valence electrons. The van der Waals surface area contributed by atoms with Crippen LogP contribution in [-0.4, -0.2) is 24.2 Å². The summed E-state index contributed by atoms with van der Waals surface area (Å²) in [5.74, 6) is 0.715. The molecule has 0 aliphatic rings. The van der Waals surface area contributed by atoms with Crippen LogP contribution in [0.2, 0.25) is 0 Å². The SMILES string of the molecule is CCC(C)n1c(C(C)Cl)nc2c(S(C)(=O)=O)cccc21. The van der Waals surface area contributed by atoms with Gasteiger partial charge >= 0.3 is 0 Å². The van der Waals surface area contributed by atoms with Crippen LogP contribution >= 0.6 is 11.6 Å². The van der Waals surface area contributed by atoms with Gasteiger partial charge in [0.05, 0.1) is 15.8 Å². The van der Waals surface area contributed by atoms with E-state index in [2.05, 4.69) is 18.8 Å². The summed E-state index contributed by atoms with van der Waals surface area (Å²) in [5.41, 5.74) is 1.34. The first-order valence-electron chi connectivity index (χ1n) is 6.62. The van der Waals surface area contributed by atoms with E-state index in [0.29, 0.717) is 11.3 Å². The number of fused-ring (bicyclic) bond motifs is 1. The molecule has 0 aliphatic heterocycles. The minimum absolute atomic E-state index is 0.214. The Hall–Kier alpha value is -1.07. The van der Waals surface area contributed by atoms with E-state index in [-0.39, 0.29) is 16.3 Å². The minimum Gasteiger partial charge on any atom is -0.324 e. The third-order valence-electron chi connectivity index (χ3n) is 3.50. The van der Waals surface area contributed by atoms with Crippen LogP contribution in [0.4, 0.5) is 0 Å². The lowest BCUT2D eigenvalue weighted by Crippen LogP contribution is -2.09. The zero-order chi connectivity index (χ0) is 15.1. The highest BCUT2D eigenvalue weighted by Gasteiger charge is 2.22. The molecule has 4 nitrogen and oxygen atoms in total. The van der Waals surface area contributed by atoms with E-state index >= 15 is 0 Å². The number of hydrogen-bond acceptors (Lipinski definition) is 3. The largest absolute Gasteiger partial charge is 0.324 e. The van der Waals surface area contributed by atoms with Gasteiger partial charge in [0.1, 0.15) is 11.3 Å². The molecule has 0 saturated heterocycles. The summed E-state index contributed by atoms with van der Waals surface area (Å²) < 4.78 is 25.8. The summed E-state index contributed by atoms with van der Waals surface area (Å²) in [6, 6.07) is 5.45. The molecule has 0 N–H and O–H groups in total. The first-order chi connectivity index (χ1) is 9.27. The Morgan fingerprint density at radius 3 is 2.50 bits per heavy atom. The molecule has 0 amide bonds. The normalized spacial score (nSPS) is 15.4. The molecular weight excluding hydrogens is 296 g/mol. The Bertz CT molecular complexity index is 735. The highest BCUT2D eigenvalue weighted by atomic mass is 35.5. The zero-order valence-corrected chi connectivity index (χ0v) is 13.7. The maximum Gasteiger partial charge on any atom is 0.177 e. The molecular formula is C14H19ClN2O2S. The van der Waals surface area contributed by atoms with Gasteiger partial charge < -0.3 is 4.57 Å². The van der Waals surface area contributed by atoms with Gasteiger partial charge in [-0.1, -0.05) is 13.0 Å². The van der Waals surface area contributed by atoms with Crippen molar-refractivity contribution < 1.29 is 8.42 Å². The number of imidazole rings is 1. The lowest BCUT2D eigenvalue weighted by atomic mass is 10.2. The van der Waals surface area contributed by atoms with Crippen LogP contribution in [0.15, 0.2) is 23.1 Å². The number of hydrogen-bond donors (Lipinski definition) is 0. The third-order valence-corrected chi connectivity index (χ3v) is 4.82. The summed E-state index contributed by atoms with van der Waals surface area (Å²) in [5, 5.41) is -0.274. The van der Waals surface area contributed by atoms with Crippen molar-refractivity contribution in [2.45, 2.75) is 43.5 Å². The van der Waals surface area contributed by atoms with Crippen molar-refractivity contribution in [1.82, 2.24) is 9.55 Å². The van der Waals surface area contributed by atoms with Crippen LogP contribution in [0, 0.1) is 0 Å². The molecule has 1 heterocycles. The van der Waals surface area contributed by atoms with Crippen molar-refractivity contribution in [3.05, 3.63) is 24.0 Å². The van der Waals surface area contributed by atoms with Crippen molar-refractivity contribution in [3.8, 4) is 0 Å². The Kier molecular flexibility index (Phi) is 4.12. The molecule has 2 rings (SSSR count). The highest BCUT2D eigenvalue weighted by Crippen LogP contribution is 2.31. The molecule has 0 bridgehead atoms. The van der Waals surface area contributed by atoms with Gasteiger partial charge in [-0.3, -0.25) is 0 Å².